The summed E-state index contributed by atoms with van der Waals surface area (Å²) in [4.78, 5) is 10.6. The summed E-state index contributed by atoms with van der Waals surface area (Å²) < 4.78 is 5.01. The summed E-state index contributed by atoms with van der Waals surface area (Å²) in [6.07, 6.45) is -0.0798. The summed E-state index contributed by atoms with van der Waals surface area (Å²) in [6.45, 7) is 0.351. The van der Waals surface area contributed by atoms with Crippen molar-refractivity contribution in [2.45, 2.75) is 13.0 Å². The van der Waals surface area contributed by atoms with Crippen LogP contribution >= 0.6 is 0 Å². The van der Waals surface area contributed by atoms with Gasteiger partial charge in [0.2, 0.25) is 0 Å². The van der Waals surface area contributed by atoms with Crippen molar-refractivity contribution >= 4 is 18.6 Å². The van der Waals surface area contributed by atoms with Gasteiger partial charge in [-0.05, 0) is 16.6 Å². The van der Waals surface area contributed by atoms with E-state index in [4.69, 9.17) is 9.76 Å². The molecule has 0 spiro atoms. The number of carbonyl (C=O) groups is 1. The SMILES string of the molecule is O=C(O)Cc1cccc2c1B(O)OC2. The van der Waals surface area contributed by atoms with E-state index in [2.05, 4.69) is 0 Å². The van der Waals surface area contributed by atoms with Crippen molar-refractivity contribution < 1.29 is 19.6 Å². The summed E-state index contributed by atoms with van der Waals surface area (Å²) in [5, 5.41) is 18.1. The van der Waals surface area contributed by atoms with Crippen molar-refractivity contribution in [3.05, 3.63) is 29.3 Å². The van der Waals surface area contributed by atoms with Gasteiger partial charge < -0.3 is 14.8 Å². The molecule has 0 saturated heterocycles. The molecule has 0 atom stereocenters. The number of aliphatic carboxylic acids is 1. The summed E-state index contributed by atoms with van der Waals surface area (Å²) in [5.74, 6) is -0.905. The zero-order chi connectivity index (χ0) is 10.1. The van der Waals surface area contributed by atoms with Gasteiger partial charge in [-0.2, -0.15) is 0 Å². The predicted octanol–water partition coefficient (Wildman–Crippen LogP) is -0.469. The Morgan fingerprint density at radius 3 is 3.07 bits per heavy atom. The maximum Gasteiger partial charge on any atom is 0.492 e. The summed E-state index contributed by atoms with van der Waals surface area (Å²) in [7, 11) is -0.972. The Kier molecular flexibility index (Phi) is 2.27. The molecule has 72 valence electrons. The number of carboxylic acids is 1. The second-order valence-electron chi connectivity index (χ2n) is 3.22. The van der Waals surface area contributed by atoms with Crippen molar-refractivity contribution in [1.82, 2.24) is 0 Å². The van der Waals surface area contributed by atoms with Gasteiger partial charge in [0.1, 0.15) is 0 Å². The van der Waals surface area contributed by atoms with Gasteiger partial charge in [-0.25, -0.2) is 0 Å². The molecule has 1 aromatic carbocycles. The first-order chi connectivity index (χ1) is 6.68. The van der Waals surface area contributed by atoms with Crippen LogP contribution in [0, 0.1) is 0 Å². The molecule has 1 heterocycles. The number of hydrogen-bond acceptors (Lipinski definition) is 3. The standard InChI is InChI=1S/C9H9BO4/c11-8(12)4-6-2-1-3-7-5-14-10(13)9(6)7/h1-3,13H,4-5H2,(H,11,12). The van der Waals surface area contributed by atoms with Crippen LogP contribution in [-0.4, -0.2) is 23.2 Å². The van der Waals surface area contributed by atoms with E-state index in [-0.39, 0.29) is 6.42 Å². The minimum absolute atomic E-state index is 0.0798. The fraction of sp³-hybridized carbons (Fsp3) is 0.222. The fourth-order valence-corrected chi connectivity index (χ4v) is 1.68. The van der Waals surface area contributed by atoms with Gasteiger partial charge in [0.25, 0.3) is 0 Å². The molecule has 2 N–H and O–H groups in total. The van der Waals surface area contributed by atoms with Crippen molar-refractivity contribution in [3.63, 3.8) is 0 Å². The van der Waals surface area contributed by atoms with E-state index in [0.29, 0.717) is 17.6 Å². The molecule has 1 aromatic rings. The van der Waals surface area contributed by atoms with Crippen LogP contribution in [0.3, 0.4) is 0 Å². The van der Waals surface area contributed by atoms with Crippen LogP contribution in [0.25, 0.3) is 0 Å². The van der Waals surface area contributed by atoms with E-state index in [1.54, 1.807) is 12.1 Å². The molecule has 0 fully saturated rings. The third-order valence-electron chi connectivity index (χ3n) is 2.27. The number of rotatable bonds is 2. The second kappa shape index (κ2) is 3.44. The molecule has 0 aromatic heterocycles. The molecule has 1 aliphatic rings. The normalized spacial score (nSPS) is 14.2. The van der Waals surface area contributed by atoms with Gasteiger partial charge in [-0.1, -0.05) is 18.2 Å². The van der Waals surface area contributed by atoms with Crippen LogP contribution in [0.2, 0.25) is 0 Å². The van der Waals surface area contributed by atoms with E-state index in [0.717, 1.165) is 5.56 Å². The van der Waals surface area contributed by atoms with Gasteiger partial charge in [0, 0.05) is 0 Å². The quantitative estimate of drug-likeness (QED) is 0.621. The lowest BCUT2D eigenvalue weighted by atomic mass is 9.75. The largest absolute Gasteiger partial charge is 0.492 e. The molecule has 0 radical (unpaired) electrons. The lowest BCUT2D eigenvalue weighted by Crippen LogP contribution is -2.32. The van der Waals surface area contributed by atoms with Crippen molar-refractivity contribution in [2.75, 3.05) is 0 Å². The van der Waals surface area contributed by atoms with Crippen molar-refractivity contribution in [2.24, 2.45) is 0 Å². The van der Waals surface area contributed by atoms with E-state index in [9.17, 15) is 9.82 Å². The number of fused-ring (bicyclic) bond motifs is 1. The molecule has 0 saturated carbocycles. The van der Waals surface area contributed by atoms with Gasteiger partial charge in [-0.15, -0.1) is 0 Å². The fourth-order valence-electron chi connectivity index (χ4n) is 1.68. The van der Waals surface area contributed by atoms with Crippen LogP contribution in [0.4, 0.5) is 0 Å². The molecule has 0 aliphatic carbocycles. The molecule has 0 unspecified atom stereocenters. The molecule has 0 bridgehead atoms. The highest BCUT2D eigenvalue weighted by molar-refractivity contribution is 6.62. The average molecular weight is 192 g/mol. The average Bonchev–Trinajstić information content (AvgIpc) is 2.48. The molecular weight excluding hydrogens is 183 g/mol. The number of hydrogen-bond donors (Lipinski definition) is 2. The van der Waals surface area contributed by atoms with E-state index in [1.807, 2.05) is 6.07 Å². The monoisotopic (exact) mass is 192 g/mol. The summed E-state index contributed by atoms with van der Waals surface area (Å²) in [6, 6.07) is 5.31. The van der Waals surface area contributed by atoms with Crippen molar-refractivity contribution in [1.29, 1.82) is 0 Å². The Labute approximate surface area is 81.3 Å². The van der Waals surface area contributed by atoms with Gasteiger partial charge in [0.15, 0.2) is 0 Å². The molecule has 14 heavy (non-hydrogen) atoms. The Bertz CT molecular complexity index is 377. The highest BCUT2D eigenvalue weighted by Gasteiger charge is 2.30. The molecule has 2 rings (SSSR count). The van der Waals surface area contributed by atoms with E-state index < -0.39 is 13.1 Å². The number of benzene rings is 1. The third-order valence-corrected chi connectivity index (χ3v) is 2.27. The lowest BCUT2D eigenvalue weighted by molar-refractivity contribution is -0.136. The molecular formula is C9H9BO4. The first-order valence-electron chi connectivity index (χ1n) is 4.30. The summed E-state index contributed by atoms with van der Waals surface area (Å²) in [5.41, 5.74) is 2.12. The first-order valence-corrected chi connectivity index (χ1v) is 4.30. The smallest absolute Gasteiger partial charge is 0.481 e. The van der Waals surface area contributed by atoms with E-state index in [1.165, 1.54) is 0 Å². The van der Waals surface area contributed by atoms with Gasteiger partial charge >= 0.3 is 13.1 Å². The molecule has 4 nitrogen and oxygen atoms in total. The lowest BCUT2D eigenvalue weighted by Gasteiger charge is -2.04. The van der Waals surface area contributed by atoms with Crippen molar-refractivity contribution in [3.8, 4) is 0 Å². The molecule has 1 aliphatic heterocycles. The third kappa shape index (κ3) is 1.52. The van der Waals surface area contributed by atoms with Gasteiger partial charge in [-0.3, -0.25) is 4.79 Å². The number of carboxylic acid groups (broad SMARTS) is 1. The van der Waals surface area contributed by atoms with Gasteiger partial charge in [0.05, 0.1) is 13.0 Å². The van der Waals surface area contributed by atoms with Crippen LogP contribution in [0.15, 0.2) is 18.2 Å². The predicted molar refractivity (Wildman–Crippen MR) is 50.2 cm³/mol. The topological polar surface area (TPSA) is 66.8 Å². The highest BCUT2D eigenvalue weighted by Crippen LogP contribution is 2.12. The van der Waals surface area contributed by atoms with E-state index >= 15 is 0 Å². The van der Waals surface area contributed by atoms with Crippen LogP contribution < -0.4 is 5.46 Å². The Hall–Kier alpha value is -1.33. The Morgan fingerprint density at radius 2 is 2.36 bits per heavy atom. The molecule has 5 heteroatoms. The van der Waals surface area contributed by atoms with Crippen LogP contribution in [-0.2, 0) is 22.5 Å². The zero-order valence-corrected chi connectivity index (χ0v) is 7.43. The Balaban J connectivity index is 2.41. The summed E-state index contributed by atoms with van der Waals surface area (Å²) >= 11 is 0. The highest BCUT2D eigenvalue weighted by atomic mass is 16.5. The zero-order valence-electron chi connectivity index (χ0n) is 7.43. The Morgan fingerprint density at radius 1 is 1.57 bits per heavy atom. The maximum absolute atomic E-state index is 10.6. The molecule has 0 amide bonds. The van der Waals surface area contributed by atoms with Crippen LogP contribution in [0.1, 0.15) is 11.1 Å². The van der Waals surface area contributed by atoms with Crippen LogP contribution in [0.5, 0.6) is 0 Å². The minimum atomic E-state index is -0.972. The second-order valence-corrected chi connectivity index (χ2v) is 3.22. The first kappa shape index (κ1) is 9.24. The minimum Gasteiger partial charge on any atom is -0.481 e. The maximum atomic E-state index is 10.6.